The molecule has 0 saturated carbocycles. The molecule has 2 aromatic carbocycles. The second-order valence-corrected chi connectivity index (χ2v) is 5.62. The molecule has 2 rings (SSSR count). The molecular weight excluding hydrogens is 254 g/mol. The fourth-order valence-corrected chi connectivity index (χ4v) is 2.69. The van der Waals surface area contributed by atoms with Gasteiger partial charge in [-0.3, -0.25) is 0 Å². The number of benzene rings is 2. The molecule has 2 N–H and O–H groups in total. The van der Waals surface area contributed by atoms with Gasteiger partial charge in [-0.05, 0) is 49.2 Å². The van der Waals surface area contributed by atoms with Crippen molar-refractivity contribution in [3.63, 3.8) is 0 Å². The first kappa shape index (κ1) is 13.8. The molecule has 0 aromatic heterocycles. The van der Waals surface area contributed by atoms with E-state index in [-0.39, 0.29) is 0 Å². The van der Waals surface area contributed by atoms with Crippen LogP contribution in [0.4, 0.5) is 5.69 Å². The molecule has 2 aromatic rings. The van der Waals surface area contributed by atoms with E-state index < -0.39 is 0 Å². The molecule has 3 heteroatoms. The van der Waals surface area contributed by atoms with Gasteiger partial charge in [0.1, 0.15) is 5.75 Å². The highest BCUT2D eigenvalue weighted by Crippen LogP contribution is 2.24. The van der Waals surface area contributed by atoms with Crippen LogP contribution < -0.4 is 10.5 Å². The Morgan fingerprint density at radius 2 is 1.84 bits per heavy atom. The fraction of sp³-hybridized carbons (Fsp3) is 0.250. The van der Waals surface area contributed by atoms with E-state index in [0.29, 0.717) is 6.61 Å². The zero-order valence-corrected chi connectivity index (χ0v) is 12.2. The Labute approximate surface area is 119 Å². The first-order valence-electron chi connectivity index (χ1n) is 6.34. The maximum atomic E-state index is 5.78. The average molecular weight is 273 g/mol. The first-order chi connectivity index (χ1) is 9.16. The van der Waals surface area contributed by atoms with Crippen LogP contribution in [0, 0.1) is 13.8 Å². The highest BCUT2D eigenvalue weighted by atomic mass is 32.2. The van der Waals surface area contributed by atoms with Gasteiger partial charge in [0.2, 0.25) is 0 Å². The second-order valence-electron chi connectivity index (χ2n) is 4.49. The summed E-state index contributed by atoms with van der Waals surface area (Å²) in [6.07, 6.45) is 0. The molecule has 0 aliphatic heterocycles. The number of nitrogen functional groups attached to an aromatic ring is 1. The third-order valence-electron chi connectivity index (χ3n) is 2.89. The summed E-state index contributed by atoms with van der Waals surface area (Å²) in [4.78, 5) is 1.27. The summed E-state index contributed by atoms with van der Waals surface area (Å²) in [7, 11) is 0. The molecule has 0 saturated heterocycles. The summed E-state index contributed by atoms with van der Waals surface area (Å²) in [5.74, 6) is 1.90. The molecule has 100 valence electrons. The highest BCUT2D eigenvalue weighted by Gasteiger charge is 2.01. The molecule has 0 amide bonds. The Morgan fingerprint density at radius 3 is 2.58 bits per heavy atom. The lowest BCUT2D eigenvalue weighted by atomic mass is 10.2. The summed E-state index contributed by atoms with van der Waals surface area (Å²) in [6.45, 7) is 4.85. The predicted molar refractivity (Wildman–Crippen MR) is 83.0 cm³/mol. The van der Waals surface area contributed by atoms with Crippen LogP contribution in [0.3, 0.4) is 0 Å². The van der Waals surface area contributed by atoms with Crippen LogP contribution in [0.1, 0.15) is 11.1 Å². The molecule has 0 bridgehead atoms. The van der Waals surface area contributed by atoms with E-state index in [1.165, 1.54) is 16.0 Å². The van der Waals surface area contributed by atoms with E-state index >= 15 is 0 Å². The Morgan fingerprint density at radius 1 is 1.05 bits per heavy atom. The molecule has 0 atom stereocenters. The van der Waals surface area contributed by atoms with Gasteiger partial charge in [0.05, 0.1) is 6.61 Å². The Bertz CT molecular complexity index is 554. The van der Waals surface area contributed by atoms with Crippen molar-refractivity contribution in [2.24, 2.45) is 0 Å². The van der Waals surface area contributed by atoms with Crippen LogP contribution in [0.15, 0.2) is 47.4 Å². The number of aryl methyl sites for hydroxylation is 2. The number of thioether (sulfide) groups is 1. The van der Waals surface area contributed by atoms with Gasteiger partial charge in [-0.2, -0.15) is 0 Å². The Balaban J connectivity index is 1.83. The predicted octanol–water partition coefficient (Wildman–Crippen LogP) is 4.06. The SMILES string of the molecule is Cc1ccccc1OCCSc1ccc(N)cc1C. The molecule has 19 heavy (non-hydrogen) atoms. The van der Waals surface area contributed by atoms with E-state index in [4.69, 9.17) is 10.5 Å². The van der Waals surface area contributed by atoms with Crippen LogP contribution in [0.25, 0.3) is 0 Å². The van der Waals surface area contributed by atoms with E-state index in [0.717, 1.165) is 17.2 Å². The lowest BCUT2D eigenvalue weighted by Crippen LogP contribution is -2.01. The van der Waals surface area contributed by atoms with Gasteiger partial charge in [0.25, 0.3) is 0 Å². The molecule has 0 spiro atoms. The van der Waals surface area contributed by atoms with Crippen LogP contribution >= 0.6 is 11.8 Å². The van der Waals surface area contributed by atoms with E-state index in [2.05, 4.69) is 26.0 Å². The lowest BCUT2D eigenvalue weighted by molar-refractivity contribution is 0.341. The van der Waals surface area contributed by atoms with E-state index in [9.17, 15) is 0 Å². The van der Waals surface area contributed by atoms with Crippen molar-refractivity contribution in [2.45, 2.75) is 18.7 Å². The van der Waals surface area contributed by atoms with Crippen molar-refractivity contribution in [2.75, 3.05) is 18.1 Å². The van der Waals surface area contributed by atoms with Crippen LogP contribution in [-0.2, 0) is 0 Å². The molecule has 0 heterocycles. The number of ether oxygens (including phenoxy) is 1. The number of para-hydroxylation sites is 1. The third-order valence-corrected chi connectivity index (χ3v) is 4.03. The van der Waals surface area contributed by atoms with Gasteiger partial charge < -0.3 is 10.5 Å². The molecular formula is C16H19NOS. The maximum absolute atomic E-state index is 5.78. The summed E-state index contributed by atoms with van der Waals surface area (Å²) in [6, 6.07) is 14.1. The minimum atomic E-state index is 0.708. The summed E-state index contributed by atoms with van der Waals surface area (Å²) in [5, 5.41) is 0. The van der Waals surface area contributed by atoms with Crippen molar-refractivity contribution in [3.8, 4) is 5.75 Å². The smallest absolute Gasteiger partial charge is 0.122 e. The standard InChI is InChI=1S/C16H19NOS/c1-12-5-3-4-6-15(12)18-9-10-19-16-8-7-14(17)11-13(16)2/h3-8,11H,9-10,17H2,1-2H3. The topological polar surface area (TPSA) is 35.2 Å². The van der Waals surface area contributed by atoms with Crippen molar-refractivity contribution >= 4 is 17.4 Å². The molecule has 2 nitrogen and oxygen atoms in total. The van der Waals surface area contributed by atoms with Crippen LogP contribution in [0.5, 0.6) is 5.75 Å². The van der Waals surface area contributed by atoms with Crippen molar-refractivity contribution < 1.29 is 4.74 Å². The monoisotopic (exact) mass is 273 g/mol. The molecule has 0 fully saturated rings. The third kappa shape index (κ3) is 3.93. The van der Waals surface area contributed by atoms with E-state index in [1.807, 2.05) is 30.3 Å². The minimum Gasteiger partial charge on any atom is -0.492 e. The largest absolute Gasteiger partial charge is 0.492 e. The second kappa shape index (κ2) is 6.53. The zero-order chi connectivity index (χ0) is 13.7. The number of rotatable bonds is 5. The number of hydrogen-bond acceptors (Lipinski definition) is 3. The number of anilines is 1. The number of nitrogens with two attached hydrogens (primary N) is 1. The molecule has 0 aliphatic carbocycles. The molecule has 0 radical (unpaired) electrons. The van der Waals surface area contributed by atoms with Gasteiger partial charge in [-0.25, -0.2) is 0 Å². The van der Waals surface area contributed by atoms with Crippen molar-refractivity contribution in [1.82, 2.24) is 0 Å². The Hall–Kier alpha value is -1.61. The van der Waals surface area contributed by atoms with E-state index in [1.54, 1.807) is 11.8 Å². The first-order valence-corrected chi connectivity index (χ1v) is 7.33. The normalized spacial score (nSPS) is 10.4. The van der Waals surface area contributed by atoms with Crippen molar-refractivity contribution in [1.29, 1.82) is 0 Å². The fourth-order valence-electron chi connectivity index (χ4n) is 1.86. The summed E-state index contributed by atoms with van der Waals surface area (Å²) in [5.41, 5.74) is 8.96. The van der Waals surface area contributed by atoms with Crippen LogP contribution in [0.2, 0.25) is 0 Å². The van der Waals surface area contributed by atoms with Gasteiger partial charge >= 0.3 is 0 Å². The summed E-state index contributed by atoms with van der Waals surface area (Å²) >= 11 is 1.80. The highest BCUT2D eigenvalue weighted by molar-refractivity contribution is 7.99. The lowest BCUT2D eigenvalue weighted by Gasteiger charge is -2.09. The quantitative estimate of drug-likeness (QED) is 0.507. The minimum absolute atomic E-state index is 0.708. The molecule has 0 unspecified atom stereocenters. The van der Waals surface area contributed by atoms with Crippen molar-refractivity contribution in [3.05, 3.63) is 53.6 Å². The zero-order valence-electron chi connectivity index (χ0n) is 11.3. The van der Waals surface area contributed by atoms with Crippen LogP contribution in [-0.4, -0.2) is 12.4 Å². The average Bonchev–Trinajstić information content (AvgIpc) is 2.38. The number of hydrogen-bond donors (Lipinski definition) is 1. The van der Waals surface area contributed by atoms with Gasteiger partial charge in [-0.15, -0.1) is 11.8 Å². The van der Waals surface area contributed by atoms with Gasteiger partial charge in [0.15, 0.2) is 0 Å². The Kier molecular flexibility index (Phi) is 4.74. The van der Waals surface area contributed by atoms with Gasteiger partial charge in [-0.1, -0.05) is 18.2 Å². The summed E-state index contributed by atoms with van der Waals surface area (Å²) < 4.78 is 5.78. The molecule has 0 aliphatic rings. The van der Waals surface area contributed by atoms with Gasteiger partial charge in [0, 0.05) is 16.3 Å². The maximum Gasteiger partial charge on any atom is 0.122 e.